The van der Waals surface area contributed by atoms with Crippen molar-refractivity contribution in [3.05, 3.63) is 95.7 Å². The standard InChI is InChI=1S/C25H23N3O2/c1-17-13-14-23(30-3)22(15-17)26-25(29)21-16-28(19-10-5-4-6-11-19)27-24(21)20-12-8-7-9-18(20)2/h4-16H,1-3H3,(H,26,29). The number of nitrogens with zero attached hydrogens (tertiary/aromatic N) is 2. The number of carbonyl (C=O) groups excluding carboxylic acids is 1. The molecule has 0 saturated heterocycles. The fourth-order valence-electron chi connectivity index (χ4n) is 3.40. The Kier molecular flexibility index (Phi) is 5.35. The second-order valence-electron chi connectivity index (χ2n) is 7.14. The van der Waals surface area contributed by atoms with E-state index in [2.05, 4.69) is 5.32 Å². The summed E-state index contributed by atoms with van der Waals surface area (Å²) >= 11 is 0. The molecular weight excluding hydrogens is 374 g/mol. The van der Waals surface area contributed by atoms with Crippen LogP contribution in [0.1, 0.15) is 21.5 Å². The monoisotopic (exact) mass is 397 g/mol. The molecule has 0 radical (unpaired) electrons. The molecule has 0 spiro atoms. The van der Waals surface area contributed by atoms with Crippen LogP contribution in [0.3, 0.4) is 0 Å². The normalized spacial score (nSPS) is 10.6. The van der Waals surface area contributed by atoms with Gasteiger partial charge in [-0.05, 0) is 49.2 Å². The second kappa shape index (κ2) is 8.25. The molecule has 0 saturated carbocycles. The van der Waals surface area contributed by atoms with E-state index < -0.39 is 0 Å². The van der Waals surface area contributed by atoms with Gasteiger partial charge < -0.3 is 10.1 Å². The Morgan fingerprint density at radius 1 is 0.967 bits per heavy atom. The van der Waals surface area contributed by atoms with Gasteiger partial charge in [-0.25, -0.2) is 4.68 Å². The SMILES string of the molecule is COc1ccc(C)cc1NC(=O)c1cn(-c2ccccc2)nc1-c1ccccc1C. The molecule has 1 N–H and O–H groups in total. The molecule has 0 bridgehead atoms. The van der Waals surface area contributed by atoms with Crippen LogP contribution in [0.15, 0.2) is 79.0 Å². The first-order valence-corrected chi connectivity index (χ1v) is 9.74. The number of hydrogen-bond acceptors (Lipinski definition) is 3. The van der Waals surface area contributed by atoms with Crippen LogP contribution in [-0.2, 0) is 0 Å². The third kappa shape index (κ3) is 3.82. The van der Waals surface area contributed by atoms with Gasteiger partial charge in [0.25, 0.3) is 5.91 Å². The molecule has 3 aromatic carbocycles. The Morgan fingerprint density at radius 2 is 1.70 bits per heavy atom. The molecule has 30 heavy (non-hydrogen) atoms. The first-order valence-electron chi connectivity index (χ1n) is 9.74. The van der Waals surface area contributed by atoms with Crippen molar-refractivity contribution in [2.75, 3.05) is 12.4 Å². The highest BCUT2D eigenvalue weighted by Crippen LogP contribution is 2.30. The van der Waals surface area contributed by atoms with E-state index in [4.69, 9.17) is 9.84 Å². The summed E-state index contributed by atoms with van der Waals surface area (Å²) in [4.78, 5) is 13.3. The number of hydrogen-bond donors (Lipinski definition) is 1. The molecular formula is C25H23N3O2. The smallest absolute Gasteiger partial charge is 0.259 e. The van der Waals surface area contributed by atoms with Crippen molar-refractivity contribution < 1.29 is 9.53 Å². The number of ether oxygens (including phenoxy) is 1. The molecule has 0 aliphatic heterocycles. The van der Waals surface area contributed by atoms with E-state index in [9.17, 15) is 4.79 Å². The summed E-state index contributed by atoms with van der Waals surface area (Å²) in [5.41, 5.74) is 5.67. The average Bonchev–Trinajstić information content (AvgIpc) is 3.20. The number of carbonyl (C=O) groups is 1. The van der Waals surface area contributed by atoms with Crippen molar-refractivity contribution in [1.82, 2.24) is 9.78 Å². The number of aromatic nitrogens is 2. The lowest BCUT2D eigenvalue weighted by Crippen LogP contribution is -2.13. The molecule has 0 fully saturated rings. The molecule has 1 aromatic heterocycles. The Balaban J connectivity index is 1.80. The van der Waals surface area contributed by atoms with Gasteiger partial charge in [0.1, 0.15) is 11.4 Å². The van der Waals surface area contributed by atoms with Gasteiger partial charge >= 0.3 is 0 Å². The van der Waals surface area contributed by atoms with Crippen LogP contribution in [0.4, 0.5) is 5.69 Å². The Hall–Kier alpha value is -3.86. The highest BCUT2D eigenvalue weighted by Gasteiger charge is 2.21. The molecule has 5 nitrogen and oxygen atoms in total. The van der Waals surface area contributed by atoms with Crippen LogP contribution >= 0.6 is 0 Å². The summed E-state index contributed by atoms with van der Waals surface area (Å²) < 4.78 is 7.15. The minimum absolute atomic E-state index is 0.237. The third-order valence-corrected chi connectivity index (χ3v) is 4.98. The third-order valence-electron chi connectivity index (χ3n) is 4.98. The van der Waals surface area contributed by atoms with Crippen molar-refractivity contribution in [3.63, 3.8) is 0 Å². The van der Waals surface area contributed by atoms with Crippen LogP contribution in [0.5, 0.6) is 5.75 Å². The summed E-state index contributed by atoms with van der Waals surface area (Å²) in [6.45, 7) is 3.99. The molecule has 0 aliphatic carbocycles. The molecule has 0 aliphatic rings. The Labute approximate surface area is 175 Å². The maximum atomic E-state index is 13.3. The number of benzene rings is 3. The van der Waals surface area contributed by atoms with Gasteiger partial charge in [0, 0.05) is 11.8 Å². The quantitative estimate of drug-likeness (QED) is 0.489. The van der Waals surface area contributed by atoms with E-state index in [0.29, 0.717) is 22.7 Å². The largest absolute Gasteiger partial charge is 0.495 e. The lowest BCUT2D eigenvalue weighted by atomic mass is 10.0. The molecule has 150 valence electrons. The lowest BCUT2D eigenvalue weighted by molar-refractivity contribution is 0.102. The highest BCUT2D eigenvalue weighted by molar-refractivity contribution is 6.08. The zero-order chi connectivity index (χ0) is 21.1. The first kappa shape index (κ1) is 19.5. The van der Waals surface area contributed by atoms with Crippen molar-refractivity contribution >= 4 is 11.6 Å². The van der Waals surface area contributed by atoms with E-state index in [0.717, 1.165) is 22.4 Å². The fourth-order valence-corrected chi connectivity index (χ4v) is 3.40. The molecule has 1 amide bonds. The number of anilines is 1. The van der Waals surface area contributed by atoms with E-state index >= 15 is 0 Å². The molecule has 4 rings (SSSR count). The minimum atomic E-state index is -0.237. The summed E-state index contributed by atoms with van der Waals surface area (Å²) in [5.74, 6) is 0.376. The molecule has 1 heterocycles. The lowest BCUT2D eigenvalue weighted by Gasteiger charge is -2.11. The maximum absolute atomic E-state index is 13.3. The van der Waals surface area contributed by atoms with Gasteiger partial charge in [-0.15, -0.1) is 0 Å². The van der Waals surface area contributed by atoms with Crippen LogP contribution in [0.25, 0.3) is 16.9 Å². The molecule has 5 heteroatoms. The molecule has 0 atom stereocenters. The Morgan fingerprint density at radius 3 is 2.43 bits per heavy atom. The number of aryl methyl sites for hydroxylation is 2. The predicted molar refractivity (Wildman–Crippen MR) is 119 cm³/mol. The van der Waals surface area contributed by atoms with E-state index in [-0.39, 0.29) is 5.91 Å². The van der Waals surface area contributed by atoms with Gasteiger partial charge in [-0.3, -0.25) is 4.79 Å². The van der Waals surface area contributed by atoms with Crippen molar-refractivity contribution in [2.24, 2.45) is 0 Å². The van der Waals surface area contributed by atoms with Crippen molar-refractivity contribution in [3.8, 4) is 22.7 Å². The van der Waals surface area contributed by atoms with Gasteiger partial charge in [0.2, 0.25) is 0 Å². The topological polar surface area (TPSA) is 56.1 Å². The van der Waals surface area contributed by atoms with Crippen molar-refractivity contribution in [2.45, 2.75) is 13.8 Å². The van der Waals surface area contributed by atoms with Crippen LogP contribution in [0.2, 0.25) is 0 Å². The van der Waals surface area contributed by atoms with Crippen LogP contribution in [-0.4, -0.2) is 22.8 Å². The summed E-state index contributed by atoms with van der Waals surface area (Å²) in [5, 5.41) is 7.75. The molecule has 4 aromatic rings. The number of amides is 1. The van der Waals surface area contributed by atoms with Crippen LogP contribution < -0.4 is 10.1 Å². The zero-order valence-electron chi connectivity index (χ0n) is 17.2. The van der Waals surface area contributed by atoms with Gasteiger partial charge in [0.05, 0.1) is 24.0 Å². The Bertz CT molecular complexity index is 1200. The van der Waals surface area contributed by atoms with Gasteiger partial charge in [-0.2, -0.15) is 5.10 Å². The van der Waals surface area contributed by atoms with Crippen molar-refractivity contribution in [1.29, 1.82) is 0 Å². The van der Waals surface area contributed by atoms with Crippen LogP contribution in [0, 0.1) is 13.8 Å². The maximum Gasteiger partial charge on any atom is 0.259 e. The fraction of sp³-hybridized carbons (Fsp3) is 0.120. The number of methoxy groups -OCH3 is 1. The molecule has 0 unspecified atom stereocenters. The predicted octanol–water partition coefficient (Wildman–Crippen LogP) is 5.42. The number of para-hydroxylation sites is 1. The minimum Gasteiger partial charge on any atom is -0.495 e. The van der Waals surface area contributed by atoms with Gasteiger partial charge in [0.15, 0.2) is 0 Å². The summed E-state index contributed by atoms with van der Waals surface area (Å²) in [6, 6.07) is 23.4. The van der Waals surface area contributed by atoms with E-state index in [1.54, 1.807) is 18.0 Å². The number of rotatable bonds is 5. The average molecular weight is 397 g/mol. The van der Waals surface area contributed by atoms with E-state index in [1.165, 1.54) is 0 Å². The first-order chi connectivity index (χ1) is 14.6. The highest BCUT2D eigenvalue weighted by atomic mass is 16.5. The second-order valence-corrected chi connectivity index (χ2v) is 7.14. The van der Waals surface area contributed by atoms with Gasteiger partial charge in [-0.1, -0.05) is 48.5 Å². The summed E-state index contributed by atoms with van der Waals surface area (Å²) in [6.07, 6.45) is 1.77. The van der Waals surface area contributed by atoms with E-state index in [1.807, 2.05) is 86.6 Å². The zero-order valence-corrected chi connectivity index (χ0v) is 17.2. The summed E-state index contributed by atoms with van der Waals surface area (Å²) in [7, 11) is 1.59. The number of nitrogens with one attached hydrogen (secondary N) is 1.